The molecule has 3 aromatic carbocycles. The van der Waals surface area contributed by atoms with E-state index in [1.54, 1.807) is 31.2 Å². The number of ether oxygens (including phenoxy) is 1. The predicted octanol–water partition coefficient (Wildman–Crippen LogP) is 5.80. The van der Waals surface area contributed by atoms with Gasteiger partial charge < -0.3 is 24.8 Å². The van der Waals surface area contributed by atoms with Crippen molar-refractivity contribution in [1.82, 2.24) is 10.3 Å². The van der Waals surface area contributed by atoms with Gasteiger partial charge in [-0.05, 0) is 42.8 Å². The maximum absolute atomic E-state index is 13.1. The van der Waals surface area contributed by atoms with E-state index in [2.05, 4.69) is 15.8 Å². The standard InChI is InChI=1S/C26H27N4O6P/c1-4-36-37(33,34)14-13-27-26(31)20-10-6-9-19-24(18-8-5-7-16(2)23(18)29-25(19)20)28-21-12-11-17(30-32)15-22(21)35-3/h5-12,15H,4,13-14H2,1-3H3,(H,27,31)(H,28,29)(H,33,34). The van der Waals surface area contributed by atoms with Crippen LogP contribution < -0.4 is 15.4 Å². The summed E-state index contributed by atoms with van der Waals surface area (Å²) in [5.74, 6) is 0.00645. The molecule has 10 nitrogen and oxygen atoms in total. The minimum atomic E-state index is -3.77. The number of fused-ring (bicyclic) bond motifs is 2. The second-order valence-corrected chi connectivity index (χ2v) is 10.3. The lowest BCUT2D eigenvalue weighted by Gasteiger charge is -2.18. The van der Waals surface area contributed by atoms with Gasteiger partial charge in [-0.15, -0.1) is 4.91 Å². The van der Waals surface area contributed by atoms with Gasteiger partial charge in [0.2, 0.25) is 0 Å². The summed E-state index contributed by atoms with van der Waals surface area (Å²) in [4.78, 5) is 38.7. The lowest BCUT2D eigenvalue weighted by atomic mass is 10.0. The first-order valence-electron chi connectivity index (χ1n) is 11.6. The Bertz CT molecular complexity index is 1540. The van der Waals surface area contributed by atoms with Crippen LogP contribution in [0.2, 0.25) is 0 Å². The molecule has 3 N–H and O–H groups in total. The third-order valence-corrected chi connectivity index (χ3v) is 7.29. The Morgan fingerprint density at radius 1 is 1.11 bits per heavy atom. The lowest BCUT2D eigenvalue weighted by molar-refractivity contribution is 0.0957. The summed E-state index contributed by atoms with van der Waals surface area (Å²) in [6.45, 7) is 3.64. The summed E-state index contributed by atoms with van der Waals surface area (Å²) in [6, 6.07) is 15.9. The molecule has 0 aliphatic rings. The Balaban J connectivity index is 1.80. The van der Waals surface area contributed by atoms with Crippen molar-refractivity contribution in [3.8, 4) is 5.75 Å². The first-order chi connectivity index (χ1) is 17.8. The third kappa shape index (κ3) is 5.61. The van der Waals surface area contributed by atoms with Crippen molar-refractivity contribution in [2.24, 2.45) is 5.18 Å². The second-order valence-electron chi connectivity index (χ2n) is 8.30. The van der Waals surface area contributed by atoms with Crippen LogP contribution >= 0.6 is 7.60 Å². The fourth-order valence-corrected chi connectivity index (χ4v) is 5.02. The number of carbonyl (C=O) groups is 1. The van der Waals surface area contributed by atoms with Crippen LogP contribution in [-0.2, 0) is 9.09 Å². The number of hydrogen-bond acceptors (Lipinski definition) is 8. The second kappa shape index (κ2) is 11.0. The number of carbonyl (C=O) groups excluding carboxylic acids is 1. The minimum absolute atomic E-state index is 0.0327. The predicted molar refractivity (Wildman–Crippen MR) is 144 cm³/mol. The number of hydrogen-bond donors (Lipinski definition) is 3. The fraction of sp³-hybridized carbons (Fsp3) is 0.231. The fourth-order valence-electron chi connectivity index (χ4n) is 4.10. The van der Waals surface area contributed by atoms with Crippen molar-refractivity contribution in [3.05, 3.63) is 70.6 Å². The quantitative estimate of drug-likeness (QED) is 0.135. The van der Waals surface area contributed by atoms with E-state index in [0.717, 1.165) is 10.9 Å². The summed E-state index contributed by atoms with van der Waals surface area (Å²) in [7, 11) is -2.27. The van der Waals surface area contributed by atoms with E-state index in [4.69, 9.17) is 14.2 Å². The number of anilines is 2. The van der Waals surface area contributed by atoms with Crippen LogP contribution in [0.25, 0.3) is 21.8 Å². The van der Waals surface area contributed by atoms with Gasteiger partial charge in [0.15, 0.2) is 0 Å². The van der Waals surface area contributed by atoms with E-state index in [-0.39, 0.29) is 25.0 Å². The molecule has 4 aromatic rings. The highest BCUT2D eigenvalue weighted by molar-refractivity contribution is 7.52. The zero-order valence-electron chi connectivity index (χ0n) is 20.6. The maximum Gasteiger partial charge on any atom is 0.329 e. The number of methoxy groups -OCH3 is 1. The van der Waals surface area contributed by atoms with E-state index in [0.29, 0.717) is 39.1 Å². The molecule has 0 aliphatic heterocycles. The average Bonchev–Trinajstić information content (AvgIpc) is 2.88. The van der Waals surface area contributed by atoms with Crippen molar-refractivity contribution >= 4 is 52.4 Å². The van der Waals surface area contributed by atoms with E-state index in [1.165, 1.54) is 13.2 Å². The van der Waals surface area contributed by atoms with E-state index in [9.17, 15) is 19.2 Å². The Morgan fingerprint density at radius 3 is 2.54 bits per heavy atom. The van der Waals surface area contributed by atoms with Gasteiger partial charge in [-0.1, -0.05) is 30.3 Å². The zero-order valence-corrected chi connectivity index (χ0v) is 21.5. The van der Waals surface area contributed by atoms with Crippen LogP contribution in [0.5, 0.6) is 5.75 Å². The molecule has 1 unspecified atom stereocenters. The molecule has 0 saturated heterocycles. The molecular formula is C26H27N4O6P. The van der Waals surface area contributed by atoms with Crippen LogP contribution in [0.1, 0.15) is 22.8 Å². The molecule has 0 bridgehead atoms. The molecule has 1 atom stereocenters. The molecule has 192 valence electrons. The number of nitroso groups, excluding NO2 is 1. The highest BCUT2D eigenvalue weighted by atomic mass is 31.2. The maximum atomic E-state index is 13.1. The summed E-state index contributed by atoms with van der Waals surface area (Å²) in [5, 5.41) is 10.6. The molecule has 0 fully saturated rings. The van der Waals surface area contributed by atoms with Gasteiger partial charge in [-0.3, -0.25) is 9.36 Å². The molecule has 0 radical (unpaired) electrons. The van der Waals surface area contributed by atoms with Crippen molar-refractivity contribution in [2.75, 3.05) is 31.7 Å². The molecule has 0 saturated carbocycles. The molecule has 11 heteroatoms. The summed E-state index contributed by atoms with van der Waals surface area (Å²) in [5.41, 5.74) is 3.96. The molecule has 1 heterocycles. The Hall–Kier alpha value is -3.85. The number of para-hydroxylation sites is 2. The summed E-state index contributed by atoms with van der Waals surface area (Å²) >= 11 is 0. The topological polar surface area (TPSA) is 139 Å². The largest absolute Gasteiger partial charge is 0.494 e. The third-order valence-electron chi connectivity index (χ3n) is 5.84. The molecule has 0 aliphatic carbocycles. The van der Waals surface area contributed by atoms with E-state index < -0.39 is 13.5 Å². The van der Waals surface area contributed by atoms with Gasteiger partial charge in [-0.25, -0.2) is 4.98 Å². The molecule has 4 rings (SSSR count). The number of aromatic nitrogens is 1. The van der Waals surface area contributed by atoms with Gasteiger partial charge in [0.25, 0.3) is 5.91 Å². The number of pyridine rings is 1. The zero-order chi connectivity index (χ0) is 26.6. The highest BCUT2D eigenvalue weighted by Gasteiger charge is 2.21. The van der Waals surface area contributed by atoms with Gasteiger partial charge in [0, 0.05) is 23.4 Å². The molecule has 37 heavy (non-hydrogen) atoms. The SMILES string of the molecule is CCOP(=O)(O)CCNC(=O)c1cccc2c(Nc3ccc(N=O)cc3OC)c3cccc(C)c3nc12. The Labute approximate surface area is 213 Å². The average molecular weight is 522 g/mol. The van der Waals surface area contributed by atoms with Crippen LogP contribution in [0.4, 0.5) is 17.1 Å². The van der Waals surface area contributed by atoms with Gasteiger partial charge in [0.05, 0.1) is 47.9 Å². The van der Waals surface area contributed by atoms with Crippen molar-refractivity contribution in [3.63, 3.8) is 0 Å². The lowest BCUT2D eigenvalue weighted by Crippen LogP contribution is -2.27. The smallest absolute Gasteiger partial charge is 0.329 e. The number of rotatable bonds is 10. The van der Waals surface area contributed by atoms with E-state index in [1.807, 2.05) is 31.2 Å². The molecule has 1 amide bonds. The van der Waals surface area contributed by atoms with Gasteiger partial charge >= 0.3 is 7.60 Å². The Morgan fingerprint density at radius 2 is 1.84 bits per heavy atom. The normalized spacial score (nSPS) is 12.8. The Kier molecular flexibility index (Phi) is 7.83. The number of aryl methyl sites for hydroxylation is 1. The molecule has 1 aromatic heterocycles. The molecule has 0 spiro atoms. The summed E-state index contributed by atoms with van der Waals surface area (Å²) < 4.78 is 22.3. The van der Waals surface area contributed by atoms with Crippen molar-refractivity contribution in [2.45, 2.75) is 13.8 Å². The van der Waals surface area contributed by atoms with Crippen LogP contribution in [0.3, 0.4) is 0 Å². The van der Waals surface area contributed by atoms with Crippen LogP contribution in [-0.4, -0.2) is 42.2 Å². The number of amides is 1. The van der Waals surface area contributed by atoms with Gasteiger partial charge in [0.1, 0.15) is 11.4 Å². The number of benzene rings is 3. The first kappa shape index (κ1) is 26.2. The number of nitrogens with one attached hydrogen (secondary N) is 2. The number of nitrogens with zero attached hydrogens (tertiary/aromatic N) is 2. The van der Waals surface area contributed by atoms with E-state index >= 15 is 0 Å². The van der Waals surface area contributed by atoms with Crippen LogP contribution in [0.15, 0.2) is 59.8 Å². The monoisotopic (exact) mass is 522 g/mol. The highest BCUT2D eigenvalue weighted by Crippen LogP contribution is 2.41. The summed E-state index contributed by atoms with van der Waals surface area (Å²) in [6.07, 6.45) is -0.203. The van der Waals surface area contributed by atoms with Crippen molar-refractivity contribution < 1.29 is 23.5 Å². The molecular weight excluding hydrogens is 495 g/mol. The van der Waals surface area contributed by atoms with Gasteiger partial charge in [-0.2, -0.15) is 0 Å². The first-order valence-corrected chi connectivity index (χ1v) is 13.4. The van der Waals surface area contributed by atoms with Crippen molar-refractivity contribution in [1.29, 1.82) is 0 Å². The van der Waals surface area contributed by atoms with Crippen LogP contribution in [0, 0.1) is 11.8 Å². The minimum Gasteiger partial charge on any atom is -0.494 e.